The minimum Gasteiger partial charge on any atom is -0.314 e. The third-order valence-corrected chi connectivity index (χ3v) is 2.59. The summed E-state index contributed by atoms with van der Waals surface area (Å²) in [6.07, 6.45) is 5.16. The predicted molar refractivity (Wildman–Crippen MR) is 62.9 cm³/mol. The van der Waals surface area contributed by atoms with Gasteiger partial charge in [-0.3, -0.25) is 0 Å². The lowest BCUT2D eigenvalue weighted by Crippen LogP contribution is -2.11. The van der Waals surface area contributed by atoms with E-state index < -0.39 is 0 Å². The van der Waals surface area contributed by atoms with Crippen molar-refractivity contribution in [2.75, 3.05) is 7.05 Å². The van der Waals surface area contributed by atoms with E-state index in [1.54, 1.807) is 11.0 Å². The van der Waals surface area contributed by atoms with Crippen molar-refractivity contribution >= 4 is 5.65 Å². The third-order valence-electron chi connectivity index (χ3n) is 2.59. The van der Waals surface area contributed by atoms with Crippen LogP contribution in [0.4, 0.5) is 0 Å². The number of pyridine rings is 1. The summed E-state index contributed by atoms with van der Waals surface area (Å²) in [7, 11) is 1.91. The Balaban J connectivity index is 2.26. The van der Waals surface area contributed by atoms with Gasteiger partial charge < -0.3 is 9.72 Å². The largest absolute Gasteiger partial charge is 0.314 e. The quantitative estimate of drug-likeness (QED) is 0.714. The molecule has 6 heteroatoms. The van der Waals surface area contributed by atoms with Gasteiger partial charge in [0.1, 0.15) is 18.3 Å². The fraction of sp³-hybridized carbons (Fsp3) is 0.182. The monoisotopic (exact) mass is 228 g/mol. The molecule has 0 aromatic carbocycles. The third kappa shape index (κ3) is 1.58. The van der Waals surface area contributed by atoms with E-state index in [0.29, 0.717) is 0 Å². The van der Waals surface area contributed by atoms with Crippen LogP contribution >= 0.6 is 0 Å². The molecular formula is C11H12N6. The molecule has 0 aliphatic rings. The summed E-state index contributed by atoms with van der Waals surface area (Å²) in [5.41, 5.74) is 1.97. The molecule has 17 heavy (non-hydrogen) atoms. The molecule has 6 nitrogen and oxygen atoms in total. The maximum absolute atomic E-state index is 4.56. The highest BCUT2D eigenvalue weighted by Gasteiger charge is 2.12. The lowest BCUT2D eigenvalue weighted by atomic mass is 10.4. The lowest BCUT2D eigenvalue weighted by Gasteiger charge is -2.03. The highest BCUT2D eigenvalue weighted by Crippen LogP contribution is 2.15. The van der Waals surface area contributed by atoms with E-state index in [-0.39, 0.29) is 0 Å². The molecule has 0 radical (unpaired) electrons. The van der Waals surface area contributed by atoms with Crippen molar-refractivity contribution in [3.05, 3.63) is 42.7 Å². The molecule has 0 spiro atoms. The summed E-state index contributed by atoms with van der Waals surface area (Å²) in [5, 5.41) is 7.27. The second-order valence-electron chi connectivity index (χ2n) is 3.68. The number of hydrogen-bond acceptors (Lipinski definition) is 4. The van der Waals surface area contributed by atoms with E-state index >= 15 is 0 Å². The standard InChI is InChI=1S/C11H12N6/c1-12-6-9-11(17-8-13-7-14-17)15-10-4-2-3-5-16(9)10/h2-5,7-8,12H,6H2,1H3. The zero-order valence-corrected chi connectivity index (χ0v) is 9.41. The smallest absolute Gasteiger partial charge is 0.178 e. The molecular weight excluding hydrogens is 216 g/mol. The predicted octanol–water partition coefficient (Wildman–Crippen LogP) is 0.634. The Kier molecular flexibility index (Phi) is 2.34. The van der Waals surface area contributed by atoms with Crippen molar-refractivity contribution in [3.63, 3.8) is 0 Å². The van der Waals surface area contributed by atoms with Crippen molar-refractivity contribution in [3.8, 4) is 5.82 Å². The molecule has 0 saturated carbocycles. The van der Waals surface area contributed by atoms with Gasteiger partial charge in [-0.1, -0.05) is 6.07 Å². The number of aromatic nitrogens is 5. The lowest BCUT2D eigenvalue weighted by molar-refractivity contribution is 0.754. The maximum atomic E-state index is 4.56. The minimum absolute atomic E-state index is 0.723. The van der Waals surface area contributed by atoms with Gasteiger partial charge in [0.2, 0.25) is 0 Å². The van der Waals surface area contributed by atoms with Crippen molar-refractivity contribution in [2.45, 2.75) is 6.54 Å². The van der Waals surface area contributed by atoms with Crippen molar-refractivity contribution in [1.29, 1.82) is 0 Å². The van der Waals surface area contributed by atoms with Crippen LogP contribution in [0.25, 0.3) is 11.5 Å². The van der Waals surface area contributed by atoms with Crippen LogP contribution in [0.3, 0.4) is 0 Å². The minimum atomic E-state index is 0.723. The zero-order chi connectivity index (χ0) is 11.7. The Hall–Kier alpha value is -2.21. The van der Waals surface area contributed by atoms with Gasteiger partial charge in [0.05, 0.1) is 5.69 Å². The molecule has 86 valence electrons. The summed E-state index contributed by atoms with van der Waals surface area (Å²) in [5.74, 6) is 0.808. The molecule has 0 saturated heterocycles. The van der Waals surface area contributed by atoms with Crippen molar-refractivity contribution < 1.29 is 0 Å². The Morgan fingerprint density at radius 2 is 2.29 bits per heavy atom. The van der Waals surface area contributed by atoms with E-state index in [4.69, 9.17) is 0 Å². The van der Waals surface area contributed by atoms with E-state index in [9.17, 15) is 0 Å². The molecule has 0 atom stereocenters. The molecule has 3 rings (SSSR count). The van der Waals surface area contributed by atoms with E-state index in [0.717, 1.165) is 23.7 Å². The average Bonchev–Trinajstić information content (AvgIpc) is 2.97. The number of fused-ring (bicyclic) bond motifs is 1. The molecule has 3 heterocycles. The summed E-state index contributed by atoms with van der Waals surface area (Å²) in [4.78, 5) is 8.51. The van der Waals surface area contributed by atoms with Gasteiger partial charge >= 0.3 is 0 Å². The summed E-state index contributed by atoms with van der Waals surface area (Å²) >= 11 is 0. The molecule has 1 N–H and O–H groups in total. The van der Waals surface area contributed by atoms with Gasteiger partial charge in [-0.15, -0.1) is 0 Å². The molecule has 3 aromatic rings. The number of hydrogen-bond donors (Lipinski definition) is 1. The van der Waals surface area contributed by atoms with Gasteiger partial charge in [-0.25, -0.2) is 14.6 Å². The fourth-order valence-electron chi connectivity index (χ4n) is 1.87. The first-order valence-electron chi connectivity index (χ1n) is 5.35. The van der Waals surface area contributed by atoms with Crippen LogP contribution in [-0.4, -0.2) is 31.2 Å². The van der Waals surface area contributed by atoms with Gasteiger partial charge in [-0.2, -0.15) is 5.10 Å². The average molecular weight is 228 g/mol. The molecule has 3 aromatic heterocycles. The van der Waals surface area contributed by atoms with Crippen molar-refractivity contribution in [2.24, 2.45) is 0 Å². The number of rotatable bonds is 3. The maximum Gasteiger partial charge on any atom is 0.178 e. The molecule has 0 amide bonds. The number of imidazole rings is 1. The molecule has 0 unspecified atom stereocenters. The Bertz CT molecular complexity index is 625. The molecule has 0 aliphatic carbocycles. The Morgan fingerprint density at radius 1 is 1.35 bits per heavy atom. The van der Waals surface area contributed by atoms with Crippen LogP contribution in [0, 0.1) is 0 Å². The number of nitrogens with zero attached hydrogens (tertiary/aromatic N) is 5. The van der Waals surface area contributed by atoms with Crippen LogP contribution in [0.2, 0.25) is 0 Å². The summed E-state index contributed by atoms with van der Waals surface area (Å²) in [6, 6.07) is 5.93. The zero-order valence-electron chi connectivity index (χ0n) is 9.41. The topological polar surface area (TPSA) is 60.0 Å². The Labute approximate surface area is 97.9 Å². The second kappa shape index (κ2) is 3.99. The fourth-order valence-corrected chi connectivity index (χ4v) is 1.87. The first kappa shape index (κ1) is 9.98. The molecule has 0 aliphatic heterocycles. The van der Waals surface area contributed by atoms with Crippen LogP contribution in [-0.2, 0) is 6.54 Å². The molecule has 0 fully saturated rings. The Morgan fingerprint density at radius 3 is 3.06 bits per heavy atom. The van der Waals surface area contributed by atoms with Gasteiger partial charge in [0.15, 0.2) is 5.82 Å². The summed E-state index contributed by atoms with van der Waals surface area (Å²) in [6.45, 7) is 0.723. The van der Waals surface area contributed by atoms with Crippen molar-refractivity contribution in [1.82, 2.24) is 29.5 Å². The van der Waals surface area contributed by atoms with Gasteiger partial charge in [0, 0.05) is 12.7 Å². The van der Waals surface area contributed by atoms with E-state index in [1.807, 2.05) is 35.8 Å². The highest BCUT2D eigenvalue weighted by atomic mass is 15.4. The van der Waals surface area contributed by atoms with E-state index in [2.05, 4.69) is 20.4 Å². The van der Waals surface area contributed by atoms with Gasteiger partial charge in [0.25, 0.3) is 0 Å². The van der Waals surface area contributed by atoms with Gasteiger partial charge in [-0.05, 0) is 19.2 Å². The second-order valence-corrected chi connectivity index (χ2v) is 3.68. The van der Waals surface area contributed by atoms with Crippen LogP contribution < -0.4 is 5.32 Å². The van der Waals surface area contributed by atoms with Crippen LogP contribution in [0.15, 0.2) is 37.1 Å². The SMILES string of the molecule is CNCc1c(-n2cncn2)nc2ccccn12. The first-order chi connectivity index (χ1) is 8.40. The highest BCUT2D eigenvalue weighted by molar-refractivity contribution is 5.48. The first-order valence-corrected chi connectivity index (χ1v) is 5.35. The molecule has 0 bridgehead atoms. The normalized spacial score (nSPS) is 11.1. The van der Waals surface area contributed by atoms with Crippen LogP contribution in [0.1, 0.15) is 5.69 Å². The van der Waals surface area contributed by atoms with E-state index in [1.165, 1.54) is 6.33 Å². The summed E-state index contributed by atoms with van der Waals surface area (Å²) < 4.78 is 3.73. The van der Waals surface area contributed by atoms with Crippen LogP contribution in [0.5, 0.6) is 0 Å². The number of nitrogens with one attached hydrogen (secondary N) is 1.